The first kappa shape index (κ1) is 19.7. The molecule has 1 aliphatic rings. The lowest BCUT2D eigenvalue weighted by Crippen LogP contribution is -2.39. The quantitative estimate of drug-likeness (QED) is 0.446. The lowest BCUT2D eigenvalue weighted by atomic mass is 9.95. The number of allylic oxidation sites excluding steroid dienone is 1. The molecule has 1 saturated heterocycles. The largest absolute Gasteiger partial charge is 0.509 e. The summed E-state index contributed by atoms with van der Waals surface area (Å²) in [5.41, 5.74) is 2.52. The fraction of sp³-hybridized carbons (Fsp3) is 0.261. The van der Waals surface area contributed by atoms with Gasteiger partial charge < -0.3 is 15.4 Å². The number of amides is 1. The standard InChI is InChI=1S/C23H23N5O2/c24-14-18(22-26-19-8-4-5-9-20(19)27-22)21(29)15-28-12-10-16(11-13-28)23(30)25-17-6-2-1-3-7-17/h1-9,16,29H,10-13,15H2,(H,25,30)(H,26,27)/b21-18-. The second-order valence-corrected chi connectivity index (χ2v) is 7.44. The normalized spacial score (nSPS) is 16.1. The number of H-pyrrole nitrogens is 1. The molecule has 7 nitrogen and oxygen atoms in total. The number of fused-ring (bicyclic) bond motifs is 1. The van der Waals surface area contributed by atoms with Gasteiger partial charge in [-0.15, -0.1) is 0 Å². The van der Waals surface area contributed by atoms with Crippen molar-refractivity contribution in [3.8, 4) is 6.07 Å². The number of carbonyl (C=O) groups is 1. The topological polar surface area (TPSA) is 105 Å². The van der Waals surface area contributed by atoms with Crippen molar-refractivity contribution < 1.29 is 9.90 Å². The number of hydrogen-bond acceptors (Lipinski definition) is 5. The van der Waals surface area contributed by atoms with Crippen molar-refractivity contribution in [3.63, 3.8) is 0 Å². The van der Waals surface area contributed by atoms with Crippen LogP contribution in [0.5, 0.6) is 0 Å². The van der Waals surface area contributed by atoms with Crippen LogP contribution < -0.4 is 5.32 Å². The summed E-state index contributed by atoms with van der Waals surface area (Å²) in [4.78, 5) is 22.0. The Morgan fingerprint density at radius 3 is 2.57 bits per heavy atom. The van der Waals surface area contributed by atoms with Crippen molar-refractivity contribution in [2.24, 2.45) is 5.92 Å². The molecule has 3 N–H and O–H groups in total. The molecule has 152 valence electrons. The summed E-state index contributed by atoms with van der Waals surface area (Å²) in [6.07, 6.45) is 1.41. The van der Waals surface area contributed by atoms with Crippen molar-refractivity contribution in [3.05, 3.63) is 66.2 Å². The summed E-state index contributed by atoms with van der Waals surface area (Å²) in [6, 6.07) is 19.0. The predicted octanol–water partition coefficient (Wildman–Crippen LogP) is 3.71. The van der Waals surface area contributed by atoms with Crippen LogP contribution in [-0.4, -0.2) is 45.5 Å². The van der Waals surface area contributed by atoms with Crippen molar-refractivity contribution in [2.45, 2.75) is 12.8 Å². The zero-order chi connectivity index (χ0) is 20.9. The molecule has 3 aromatic rings. The minimum Gasteiger partial charge on any atom is -0.509 e. The number of nitrogens with one attached hydrogen (secondary N) is 2. The van der Waals surface area contributed by atoms with Gasteiger partial charge in [0.05, 0.1) is 17.6 Å². The second-order valence-electron chi connectivity index (χ2n) is 7.44. The molecular formula is C23H23N5O2. The van der Waals surface area contributed by atoms with Crippen molar-refractivity contribution in [1.82, 2.24) is 14.9 Å². The van der Waals surface area contributed by atoms with Gasteiger partial charge in [-0.05, 0) is 50.2 Å². The highest BCUT2D eigenvalue weighted by Crippen LogP contribution is 2.23. The van der Waals surface area contributed by atoms with E-state index >= 15 is 0 Å². The summed E-state index contributed by atoms with van der Waals surface area (Å²) in [7, 11) is 0. The molecule has 30 heavy (non-hydrogen) atoms. The number of hydrogen-bond donors (Lipinski definition) is 3. The highest BCUT2D eigenvalue weighted by molar-refractivity contribution is 5.92. The fourth-order valence-electron chi connectivity index (χ4n) is 3.74. The molecule has 4 rings (SSSR count). The first-order valence-electron chi connectivity index (χ1n) is 9.99. The number of benzene rings is 2. The average Bonchev–Trinajstić information content (AvgIpc) is 3.19. The van der Waals surface area contributed by atoms with Gasteiger partial charge in [0, 0.05) is 11.6 Å². The van der Waals surface area contributed by atoms with Gasteiger partial charge in [-0.1, -0.05) is 30.3 Å². The van der Waals surface area contributed by atoms with Crippen LogP contribution in [0.1, 0.15) is 18.7 Å². The summed E-state index contributed by atoms with van der Waals surface area (Å²) < 4.78 is 0. The molecule has 0 saturated carbocycles. The summed E-state index contributed by atoms with van der Waals surface area (Å²) >= 11 is 0. The molecule has 1 amide bonds. The van der Waals surface area contributed by atoms with Crippen molar-refractivity contribution >= 4 is 28.2 Å². The fourth-order valence-corrected chi connectivity index (χ4v) is 3.74. The van der Waals surface area contributed by atoms with E-state index in [9.17, 15) is 15.2 Å². The summed E-state index contributed by atoms with van der Waals surface area (Å²) in [5, 5.41) is 23.1. The second kappa shape index (κ2) is 8.80. The lowest BCUT2D eigenvalue weighted by Gasteiger charge is -2.31. The van der Waals surface area contributed by atoms with E-state index in [1.807, 2.05) is 54.6 Å². The minimum atomic E-state index is -0.0570. The Bertz CT molecular complexity index is 1070. The number of rotatable bonds is 5. The van der Waals surface area contributed by atoms with Crippen LogP contribution >= 0.6 is 0 Å². The molecule has 0 atom stereocenters. The third-order valence-electron chi connectivity index (χ3n) is 5.40. The van der Waals surface area contributed by atoms with E-state index in [2.05, 4.69) is 26.3 Å². The number of imidazole rings is 1. The molecule has 7 heteroatoms. The van der Waals surface area contributed by atoms with E-state index in [1.165, 1.54) is 0 Å². The molecule has 0 spiro atoms. The third kappa shape index (κ3) is 4.34. The van der Waals surface area contributed by atoms with Crippen LogP contribution in [0.15, 0.2) is 60.4 Å². The molecule has 1 aliphatic heterocycles. The number of nitrogens with zero attached hydrogens (tertiary/aromatic N) is 3. The van der Waals surface area contributed by atoms with Gasteiger partial charge in [-0.25, -0.2) is 4.98 Å². The Morgan fingerprint density at radius 2 is 1.87 bits per heavy atom. The zero-order valence-corrected chi connectivity index (χ0v) is 16.5. The molecule has 0 aliphatic carbocycles. The van der Waals surface area contributed by atoms with Gasteiger partial charge in [-0.2, -0.15) is 5.26 Å². The predicted molar refractivity (Wildman–Crippen MR) is 115 cm³/mol. The number of aromatic amines is 1. The maximum Gasteiger partial charge on any atom is 0.227 e. The molecule has 0 radical (unpaired) electrons. The molecule has 1 fully saturated rings. The summed E-state index contributed by atoms with van der Waals surface area (Å²) in [5.74, 6) is 0.330. The first-order valence-corrected chi connectivity index (χ1v) is 9.99. The Labute approximate surface area is 174 Å². The van der Waals surface area contributed by atoms with Crippen LogP contribution in [0.2, 0.25) is 0 Å². The zero-order valence-electron chi connectivity index (χ0n) is 16.5. The van der Waals surface area contributed by atoms with Crippen LogP contribution in [0, 0.1) is 17.2 Å². The molecule has 1 aromatic heterocycles. The molecular weight excluding hydrogens is 378 g/mol. The van der Waals surface area contributed by atoms with Gasteiger partial charge in [0.15, 0.2) is 5.82 Å². The number of carbonyl (C=O) groups excluding carboxylic acids is 1. The monoisotopic (exact) mass is 401 g/mol. The van der Waals surface area contributed by atoms with Crippen molar-refractivity contribution in [2.75, 3.05) is 25.0 Å². The van der Waals surface area contributed by atoms with E-state index in [0.717, 1.165) is 16.7 Å². The number of aliphatic hydroxyl groups is 1. The van der Waals surface area contributed by atoms with E-state index < -0.39 is 0 Å². The summed E-state index contributed by atoms with van der Waals surface area (Å²) in [6.45, 7) is 1.61. The number of nitriles is 1. The van der Waals surface area contributed by atoms with Crippen LogP contribution in [0.25, 0.3) is 16.6 Å². The maximum absolute atomic E-state index is 12.5. The molecule has 2 aromatic carbocycles. The van der Waals surface area contributed by atoms with Gasteiger partial charge >= 0.3 is 0 Å². The van der Waals surface area contributed by atoms with E-state index in [0.29, 0.717) is 31.8 Å². The average molecular weight is 401 g/mol. The van der Waals surface area contributed by atoms with Gasteiger partial charge in [-0.3, -0.25) is 9.69 Å². The Morgan fingerprint density at radius 1 is 1.17 bits per heavy atom. The van der Waals surface area contributed by atoms with E-state index in [4.69, 9.17) is 0 Å². The van der Waals surface area contributed by atoms with Crippen LogP contribution in [0.4, 0.5) is 5.69 Å². The first-order chi connectivity index (χ1) is 14.6. The Hall–Kier alpha value is -3.63. The number of aromatic nitrogens is 2. The van der Waals surface area contributed by atoms with Crippen LogP contribution in [0.3, 0.4) is 0 Å². The smallest absolute Gasteiger partial charge is 0.227 e. The Kier molecular flexibility index (Phi) is 5.77. The maximum atomic E-state index is 12.5. The van der Waals surface area contributed by atoms with Crippen LogP contribution in [-0.2, 0) is 4.79 Å². The number of likely N-dealkylation sites (tertiary alicyclic amines) is 1. The number of aliphatic hydroxyl groups excluding tert-OH is 1. The van der Waals surface area contributed by atoms with Gasteiger partial charge in [0.25, 0.3) is 0 Å². The Balaban J connectivity index is 1.37. The highest BCUT2D eigenvalue weighted by Gasteiger charge is 2.26. The number of anilines is 1. The van der Waals surface area contributed by atoms with Gasteiger partial charge in [0.1, 0.15) is 17.4 Å². The molecule has 0 bridgehead atoms. The number of piperidine rings is 1. The highest BCUT2D eigenvalue weighted by atomic mass is 16.3. The van der Waals surface area contributed by atoms with Crippen molar-refractivity contribution in [1.29, 1.82) is 5.26 Å². The van der Waals surface area contributed by atoms with E-state index in [1.54, 1.807) is 0 Å². The SMILES string of the molecule is N#C/C(=C(/O)CN1CCC(C(=O)Nc2ccccc2)CC1)c1nc2ccccc2[nH]1. The molecule has 2 heterocycles. The lowest BCUT2D eigenvalue weighted by molar-refractivity contribution is -0.121. The molecule has 0 unspecified atom stereocenters. The third-order valence-corrected chi connectivity index (χ3v) is 5.40. The number of para-hydroxylation sites is 3. The van der Waals surface area contributed by atoms with E-state index in [-0.39, 0.29) is 29.7 Å². The van der Waals surface area contributed by atoms with Gasteiger partial charge in [0.2, 0.25) is 5.91 Å². The minimum absolute atomic E-state index is 0.0104.